The number of amides is 2. The molecule has 1 heterocycles. The van der Waals surface area contributed by atoms with E-state index in [1.54, 1.807) is 24.3 Å². The van der Waals surface area contributed by atoms with Crippen LogP contribution in [-0.4, -0.2) is 36.5 Å². The summed E-state index contributed by atoms with van der Waals surface area (Å²) in [6, 6.07) is 24.9. The lowest BCUT2D eigenvalue weighted by Crippen LogP contribution is -2.28. The fourth-order valence-electron chi connectivity index (χ4n) is 3.59. The fourth-order valence-corrected chi connectivity index (χ4v) is 6.48. The Balaban J connectivity index is 1.27. The number of nitrogens with one attached hydrogen (secondary N) is 2. The molecule has 4 rings (SSSR count). The lowest BCUT2D eigenvalue weighted by Gasteiger charge is -2.21. The molecule has 1 fully saturated rings. The highest BCUT2D eigenvalue weighted by Gasteiger charge is 2.17. The lowest BCUT2D eigenvalue weighted by molar-refractivity contribution is -0.118. The van der Waals surface area contributed by atoms with Gasteiger partial charge in [0.05, 0.1) is 15.8 Å². The number of anilines is 1. The number of ether oxygens (including phenoxy) is 1. The summed E-state index contributed by atoms with van der Waals surface area (Å²) in [5, 5.41) is 5.73. The highest BCUT2D eigenvalue weighted by molar-refractivity contribution is 8.16. The van der Waals surface area contributed by atoms with Crippen LogP contribution in [0.5, 0.6) is 5.75 Å². The van der Waals surface area contributed by atoms with Gasteiger partial charge in [0.1, 0.15) is 5.75 Å². The van der Waals surface area contributed by atoms with Crippen molar-refractivity contribution >= 4 is 41.0 Å². The van der Waals surface area contributed by atoms with Crippen molar-refractivity contribution in [2.75, 3.05) is 30.0 Å². The van der Waals surface area contributed by atoms with E-state index >= 15 is 0 Å². The first kappa shape index (κ1) is 24.2. The average molecular weight is 493 g/mol. The van der Waals surface area contributed by atoms with Gasteiger partial charge < -0.3 is 15.4 Å². The van der Waals surface area contributed by atoms with E-state index in [0.717, 1.165) is 12.0 Å². The Kier molecular flexibility index (Phi) is 8.93. The molecule has 1 saturated heterocycles. The van der Waals surface area contributed by atoms with Crippen molar-refractivity contribution in [2.45, 2.75) is 17.4 Å². The summed E-state index contributed by atoms with van der Waals surface area (Å²) in [6.07, 6.45) is 2.01. The molecule has 0 bridgehead atoms. The molecule has 0 saturated carbocycles. The molecule has 0 aliphatic carbocycles. The van der Waals surface area contributed by atoms with Crippen molar-refractivity contribution in [1.29, 1.82) is 0 Å². The van der Waals surface area contributed by atoms with Crippen molar-refractivity contribution in [2.24, 2.45) is 0 Å². The largest absolute Gasteiger partial charge is 0.484 e. The van der Waals surface area contributed by atoms with Crippen LogP contribution >= 0.6 is 23.5 Å². The molecule has 0 radical (unpaired) electrons. The van der Waals surface area contributed by atoms with Crippen molar-refractivity contribution in [3.8, 4) is 5.75 Å². The molecule has 1 aliphatic heterocycles. The van der Waals surface area contributed by atoms with Crippen LogP contribution in [0.15, 0.2) is 78.9 Å². The van der Waals surface area contributed by atoms with Gasteiger partial charge in [0.25, 0.3) is 11.8 Å². The summed E-state index contributed by atoms with van der Waals surface area (Å²) in [5.41, 5.74) is 3.33. The molecular formula is C27H28N2O3S2. The van der Waals surface area contributed by atoms with Gasteiger partial charge in [-0.3, -0.25) is 9.59 Å². The number of carbonyl (C=O) groups is 2. The monoisotopic (exact) mass is 492 g/mol. The number of hydrogen-bond acceptors (Lipinski definition) is 5. The molecule has 7 heteroatoms. The SMILES string of the molecule is O=C(COc1ccc(C2SCCCS2)cc1)Nc1ccccc1C(=O)NCCc1ccccc1. The Hall–Kier alpha value is -2.90. The van der Waals surface area contributed by atoms with E-state index < -0.39 is 0 Å². The fraction of sp³-hybridized carbons (Fsp3) is 0.259. The second-order valence-electron chi connectivity index (χ2n) is 7.87. The minimum atomic E-state index is -0.313. The minimum Gasteiger partial charge on any atom is -0.484 e. The molecule has 1 aliphatic rings. The quantitative estimate of drug-likeness (QED) is 0.410. The Labute approximate surface area is 209 Å². The van der Waals surface area contributed by atoms with Crippen LogP contribution in [0.25, 0.3) is 0 Å². The maximum absolute atomic E-state index is 12.7. The molecule has 2 N–H and O–H groups in total. The number of benzene rings is 3. The molecule has 5 nitrogen and oxygen atoms in total. The number of carbonyl (C=O) groups excluding carboxylic acids is 2. The summed E-state index contributed by atoms with van der Waals surface area (Å²) in [7, 11) is 0. The Morgan fingerprint density at radius 3 is 2.35 bits per heavy atom. The predicted octanol–water partition coefficient (Wildman–Crippen LogP) is 5.55. The Morgan fingerprint density at radius 2 is 1.59 bits per heavy atom. The summed E-state index contributed by atoms with van der Waals surface area (Å²) in [5.74, 6) is 2.51. The van der Waals surface area contributed by atoms with Gasteiger partial charge in [-0.2, -0.15) is 0 Å². The van der Waals surface area contributed by atoms with Gasteiger partial charge >= 0.3 is 0 Å². The minimum absolute atomic E-state index is 0.129. The van der Waals surface area contributed by atoms with E-state index in [1.807, 2.05) is 66.0 Å². The third-order valence-electron chi connectivity index (χ3n) is 5.34. The molecule has 34 heavy (non-hydrogen) atoms. The smallest absolute Gasteiger partial charge is 0.262 e. The van der Waals surface area contributed by atoms with E-state index in [4.69, 9.17) is 4.74 Å². The van der Waals surface area contributed by atoms with Gasteiger partial charge in [0, 0.05) is 6.54 Å². The van der Waals surface area contributed by atoms with Crippen molar-refractivity contribution in [3.63, 3.8) is 0 Å². The number of rotatable bonds is 9. The zero-order chi connectivity index (χ0) is 23.6. The molecule has 0 unspecified atom stereocenters. The summed E-state index contributed by atoms with van der Waals surface area (Å²) < 4.78 is 6.14. The Bertz CT molecular complexity index is 1080. The van der Waals surface area contributed by atoms with Crippen molar-refractivity contribution in [1.82, 2.24) is 5.32 Å². The van der Waals surface area contributed by atoms with Crippen LogP contribution in [-0.2, 0) is 11.2 Å². The molecular weight excluding hydrogens is 464 g/mol. The third kappa shape index (κ3) is 7.05. The van der Waals surface area contributed by atoms with Crippen molar-refractivity contribution < 1.29 is 14.3 Å². The highest BCUT2D eigenvalue weighted by atomic mass is 32.2. The molecule has 0 atom stereocenters. The molecule has 0 spiro atoms. The molecule has 3 aromatic carbocycles. The van der Waals surface area contributed by atoms with E-state index in [2.05, 4.69) is 22.8 Å². The molecule has 176 valence electrons. The van der Waals surface area contributed by atoms with E-state index in [9.17, 15) is 9.59 Å². The van der Waals surface area contributed by atoms with Gasteiger partial charge in [0.15, 0.2) is 6.61 Å². The van der Waals surface area contributed by atoms with Crippen LogP contribution < -0.4 is 15.4 Å². The highest BCUT2D eigenvalue weighted by Crippen LogP contribution is 2.43. The summed E-state index contributed by atoms with van der Waals surface area (Å²) >= 11 is 3.95. The van der Waals surface area contributed by atoms with Crippen LogP contribution in [0, 0.1) is 0 Å². The standard InChI is InChI=1S/C27H28N2O3S2/c30-25(19-32-22-13-11-21(12-14-22)27-33-17-6-18-34-27)29-24-10-5-4-9-23(24)26(31)28-16-15-20-7-2-1-3-8-20/h1-5,7-14,27H,6,15-19H2,(H,28,31)(H,29,30). The maximum atomic E-state index is 12.7. The first-order valence-electron chi connectivity index (χ1n) is 11.4. The van der Waals surface area contributed by atoms with Gasteiger partial charge in [-0.25, -0.2) is 0 Å². The van der Waals surface area contributed by atoms with Gasteiger partial charge in [-0.15, -0.1) is 23.5 Å². The van der Waals surface area contributed by atoms with E-state index in [-0.39, 0.29) is 18.4 Å². The topological polar surface area (TPSA) is 67.4 Å². The first-order valence-corrected chi connectivity index (χ1v) is 13.5. The number of thioether (sulfide) groups is 2. The normalized spacial score (nSPS) is 13.8. The van der Waals surface area contributed by atoms with Crippen molar-refractivity contribution in [3.05, 3.63) is 95.6 Å². The Morgan fingerprint density at radius 1 is 0.882 bits per heavy atom. The van der Waals surface area contributed by atoms with Crippen LogP contribution in [0.3, 0.4) is 0 Å². The zero-order valence-electron chi connectivity index (χ0n) is 18.9. The number of para-hydroxylation sites is 1. The zero-order valence-corrected chi connectivity index (χ0v) is 20.5. The maximum Gasteiger partial charge on any atom is 0.262 e. The molecule has 3 aromatic rings. The number of hydrogen-bond donors (Lipinski definition) is 2. The summed E-state index contributed by atoms with van der Waals surface area (Å²) in [4.78, 5) is 25.2. The average Bonchev–Trinajstić information content (AvgIpc) is 2.89. The van der Waals surface area contributed by atoms with Crippen LogP contribution in [0.2, 0.25) is 0 Å². The molecule has 2 amide bonds. The third-order valence-corrected chi connectivity index (χ3v) is 8.35. The van der Waals surface area contributed by atoms with Gasteiger partial charge in [0.2, 0.25) is 0 Å². The van der Waals surface area contributed by atoms with Crippen LogP contribution in [0.1, 0.15) is 32.5 Å². The van der Waals surface area contributed by atoms with E-state index in [1.165, 1.54) is 23.5 Å². The van der Waals surface area contributed by atoms with Gasteiger partial charge in [-0.05, 0) is 59.7 Å². The molecule has 0 aromatic heterocycles. The lowest BCUT2D eigenvalue weighted by atomic mass is 10.1. The van der Waals surface area contributed by atoms with Gasteiger partial charge in [-0.1, -0.05) is 54.6 Å². The summed E-state index contributed by atoms with van der Waals surface area (Å²) in [6.45, 7) is 0.387. The second kappa shape index (κ2) is 12.5. The van der Waals surface area contributed by atoms with Crippen LogP contribution in [0.4, 0.5) is 5.69 Å². The first-order chi connectivity index (χ1) is 16.7. The second-order valence-corrected chi connectivity index (χ2v) is 10.6. The predicted molar refractivity (Wildman–Crippen MR) is 142 cm³/mol. The van der Waals surface area contributed by atoms with E-state index in [0.29, 0.717) is 28.1 Å².